The van der Waals surface area contributed by atoms with Crippen molar-refractivity contribution in [2.45, 2.75) is 6.61 Å². The fourth-order valence-corrected chi connectivity index (χ4v) is 1.44. The number of methoxy groups -OCH3 is 1. The zero-order chi connectivity index (χ0) is 10.7. The Hall–Kier alpha value is -1.88. The molecule has 0 radical (unpaired) electrons. The first-order chi connectivity index (χ1) is 7.36. The second-order valence-electron chi connectivity index (χ2n) is 2.94. The van der Waals surface area contributed by atoms with Crippen LogP contribution in [-0.4, -0.2) is 22.5 Å². The van der Waals surface area contributed by atoms with Gasteiger partial charge in [0.15, 0.2) is 0 Å². The summed E-state index contributed by atoms with van der Waals surface area (Å²) >= 11 is 0. The van der Waals surface area contributed by atoms with Gasteiger partial charge in [-0.3, -0.25) is 0 Å². The molecule has 0 saturated heterocycles. The standard InChI is InChI=1S/C10H10N2O3/c1-14-10-4-2-3-7(8(10)6-13)9-5-11-15-12-9/h2-5,13H,6H2,1H3. The molecule has 2 aromatic rings. The molecular weight excluding hydrogens is 196 g/mol. The van der Waals surface area contributed by atoms with Gasteiger partial charge in [0.05, 0.1) is 19.9 Å². The van der Waals surface area contributed by atoms with Gasteiger partial charge in [0.25, 0.3) is 0 Å². The molecule has 0 atom stereocenters. The van der Waals surface area contributed by atoms with Crippen LogP contribution in [0, 0.1) is 0 Å². The second-order valence-corrected chi connectivity index (χ2v) is 2.94. The Morgan fingerprint density at radius 1 is 1.47 bits per heavy atom. The van der Waals surface area contributed by atoms with Gasteiger partial charge in [-0.15, -0.1) is 0 Å². The van der Waals surface area contributed by atoms with Crippen LogP contribution in [0.1, 0.15) is 5.56 Å². The highest BCUT2D eigenvalue weighted by Crippen LogP contribution is 2.29. The Kier molecular flexibility index (Phi) is 2.64. The van der Waals surface area contributed by atoms with Crippen LogP contribution in [0.4, 0.5) is 0 Å². The van der Waals surface area contributed by atoms with Crippen LogP contribution in [0.25, 0.3) is 11.3 Å². The molecule has 5 heteroatoms. The molecule has 0 aliphatic rings. The van der Waals surface area contributed by atoms with Gasteiger partial charge in [0.2, 0.25) is 0 Å². The highest BCUT2D eigenvalue weighted by atomic mass is 16.6. The van der Waals surface area contributed by atoms with Crippen molar-refractivity contribution in [3.63, 3.8) is 0 Å². The van der Waals surface area contributed by atoms with E-state index in [1.54, 1.807) is 13.2 Å². The first kappa shape index (κ1) is 9.67. The molecule has 78 valence electrons. The van der Waals surface area contributed by atoms with Crippen molar-refractivity contribution in [2.24, 2.45) is 0 Å². The van der Waals surface area contributed by atoms with Crippen molar-refractivity contribution in [3.05, 3.63) is 30.0 Å². The molecular formula is C10H10N2O3. The van der Waals surface area contributed by atoms with Crippen molar-refractivity contribution in [3.8, 4) is 17.0 Å². The number of benzene rings is 1. The topological polar surface area (TPSA) is 68.4 Å². The van der Waals surface area contributed by atoms with Crippen molar-refractivity contribution in [1.29, 1.82) is 0 Å². The summed E-state index contributed by atoms with van der Waals surface area (Å²) in [4.78, 5) is 0. The SMILES string of the molecule is COc1cccc(-c2cnon2)c1CO. The van der Waals surface area contributed by atoms with Gasteiger partial charge in [-0.1, -0.05) is 17.3 Å². The van der Waals surface area contributed by atoms with E-state index in [1.165, 1.54) is 6.20 Å². The first-order valence-electron chi connectivity index (χ1n) is 4.41. The molecule has 0 aliphatic heterocycles. The summed E-state index contributed by atoms with van der Waals surface area (Å²) < 4.78 is 9.66. The van der Waals surface area contributed by atoms with Gasteiger partial charge >= 0.3 is 0 Å². The molecule has 0 aliphatic carbocycles. The third kappa shape index (κ3) is 1.69. The maximum absolute atomic E-state index is 9.27. The zero-order valence-corrected chi connectivity index (χ0v) is 8.17. The van der Waals surface area contributed by atoms with Gasteiger partial charge in [-0.25, -0.2) is 4.63 Å². The minimum atomic E-state index is -0.119. The smallest absolute Gasteiger partial charge is 0.135 e. The Balaban J connectivity index is 2.56. The minimum absolute atomic E-state index is 0.119. The second kappa shape index (κ2) is 4.10. The molecule has 0 spiro atoms. The van der Waals surface area contributed by atoms with E-state index in [4.69, 9.17) is 4.74 Å². The summed E-state index contributed by atoms with van der Waals surface area (Å²) in [5, 5.41) is 16.5. The van der Waals surface area contributed by atoms with E-state index in [1.807, 2.05) is 12.1 Å². The minimum Gasteiger partial charge on any atom is -0.496 e. The highest BCUT2D eigenvalue weighted by Gasteiger charge is 2.12. The third-order valence-electron chi connectivity index (χ3n) is 2.15. The van der Waals surface area contributed by atoms with Crippen molar-refractivity contribution < 1.29 is 14.5 Å². The number of nitrogens with zero attached hydrogens (tertiary/aromatic N) is 2. The fourth-order valence-electron chi connectivity index (χ4n) is 1.44. The fraction of sp³-hybridized carbons (Fsp3) is 0.200. The van der Waals surface area contributed by atoms with E-state index < -0.39 is 0 Å². The highest BCUT2D eigenvalue weighted by molar-refractivity contribution is 5.65. The molecule has 1 N–H and O–H groups in total. The summed E-state index contributed by atoms with van der Waals surface area (Å²) in [7, 11) is 1.55. The van der Waals surface area contributed by atoms with Crippen LogP contribution in [0.15, 0.2) is 29.0 Å². The molecule has 1 aromatic carbocycles. The Bertz CT molecular complexity index is 440. The van der Waals surface area contributed by atoms with E-state index >= 15 is 0 Å². The third-order valence-corrected chi connectivity index (χ3v) is 2.15. The lowest BCUT2D eigenvalue weighted by atomic mass is 10.0. The molecule has 0 unspecified atom stereocenters. The van der Waals surface area contributed by atoms with E-state index in [0.29, 0.717) is 17.0 Å². The number of aliphatic hydroxyl groups excluding tert-OH is 1. The summed E-state index contributed by atoms with van der Waals surface area (Å²) in [5.74, 6) is 0.623. The van der Waals surface area contributed by atoms with E-state index in [2.05, 4.69) is 14.9 Å². The van der Waals surface area contributed by atoms with E-state index in [-0.39, 0.29) is 6.61 Å². The number of aromatic nitrogens is 2. The van der Waals surface area contributed by atoms with Crippen LogP contribution in [-0.2, 0) is 6.61 Å². The molecule has 15 heavy (non-hydrogen) atoms. The Morgan fingerprint density at radius 2 is 2.33 bits per heavy atom. The van der Waals surface area contributed by atoms with Gasteiger partial charge in [-0.2, -0.15) is 0 Å². The van der Waals surface area contributed by atoms with E-state index in [0.717, 1.165) is 5.56 Å². The average Bonchev–Trinajstić information content (AvgIpc) is 2.81. The maximum Gasteiger partial charge on any atom is 0.135 e. The molecule has 0 fully saturated rings. The zero-order valence-electron chi connectivity index (χ0n) is 8.17. The average molecular weight is 206 g/mol. The predicted molar refractivity (Wildman–Crippen MR) is 52.2 cm³/mol. The lowest BCUT2D eigenvalue weighted by molar-refractivity contribution is 0.274. The number of aliphatic hydroxyl groups is 1. The number of rotatable bonds is 3. The summed E-state index contributed by atoms with van der Waals surface area (Å²) in [5.41, 5.74) is 2.02. The largest absolute Gasteiger partial charge is 0.496 e. The molecule has 1 aromatic heterocycles. The van der Waals surface area contributed by atoms with Crippen LogP contribution in [0.3, 0.4) is 0 Å². The quantitative estimate of drug-likeness (QED) is 0.818. The first-order valence-corrected chi connectivity index (χ1v) is 4.41. The molecule has 0 bridgehead atoms. The number of hydrogen-bond acceptors (Lipinski definition) is 5. The van der Waals surface area contributed by atoms with Crippen LogP contribution >= 0.6 is 0 Å². The summed E-state index contributed by atoms with van der Waals surface area (Å²) in [6, 6.07) is 5.43. The van der Waals surface area contributed by atoms with Crippen LogP contribution in [0.5, 0.6) is 5.75 Å². The molecule has 5 nitrogen and oxygen atoms in total. The van der Waals surface area contributed by atoms with Crippen LogP contribution in [0.2, 0.25) is 0 Å². The molecule has 1 heterocycles. The summed E-state index contributed by atoms with van der Waals surface area (Å²) in [6.45, 7) is -0.119. The number of ether oxygens (including phenoxy) is 1. The van der Waals surface area contributed by atoms with Crippen LogP contribution < -0.4 is 4.74 Å². The Morgan fingerprint density at radius 3 is 2.93 bits per heavy atom. The molecule has 0 saturated carbocycles. The Labute approximate surface area is 86.3 Å². The molecule has 0 amide bonds. The lowest BCUT2D eigenvalue weighted by Gasteiger charge is -2.09. The van der Waals surface area contributed by atoms with Crippen molar-refractivity contribution in [2.75, 3.05) is 7.11 Å². The maximum atomic E-state index is 9.27. The normalized spacial score (nSPS) is 10.3. The van der Waals surface area contributed by atoms with E-state index in [9.17, 15) is 5.11 Å². The lowest BCUT2D eigenvalue weighted by Crippen LogP contribution is -1.95. The summed E-state index contributed by atoms with van der Waals surface area (Å²) in [6.07, 6.45) is 1.49. The van der Waals surface area contributed by atoms with Gasteiger partial charge < -0.3 is 9.84 Å². The van der Waals surface area contributed by atoms with Crippen molar-refractivity contribution >= 4 is 0 Å². The van der Waals surface area contributed by atoms with Gasteiger partial charge in [-0.05, 0) is 11.2 Å². The van der Waals surface area contributed by atoms with Crippen molar-refractivity contribution in [1.82, 2.24) is 10.3 Å². The van der Waals surface area contributed by atoms with Gasteiger partial charge in [0, 0.05) is 11.1 Å². The molecule has 2 rings (SSSR count). The number of hydrogen-bond donors (Lipinski definition) is 1. The predicted octanol–water partition coefficient (Wildman–Crippen LogP) is 1.24. The monoisotopic (exact) mass is 206 g/mol. The van der Waals surface area contributed by atoms with Gasteiger partial charge in [0.1, 0.15) is 11.4 Å².